The van der Waals surface area contributed by atoms with Gasteiger partial charge < -0.3 is 24.7 Å². The molecule has 11 heteroatoms. The van der Waals surface area contributed by atoms with Gasteiger partial charge in [0.05, 0.1) is 37.2 Å². The molecule has 0 radical (unpaired) electrons. The molecule has 1 saturated heterocycles. The van der Waals surface area contributed by atoms with E-state index in [0.717, 1.165) is 17.0 Å². The monoisotopic (exact) mass is 479 g/mol. The number of methoxy groups -OCH3 is 1. The topological polar surface area (TPSA) is 108 Å². The summed E-state index contributed by atoms with van der Waals surface area (Å²) in [5.41, 5.74) is 3.09. The van der Waals surface area contributed by atoms with E-state index < -0.39 is 12.2 Å². The maximum Gasteiger partial charge on any atom is 0.257 e. The summed E-state index contributed by atoms with van der Waals surface area (Å²) in [6.45, 7) is 1.09. The molecule has 2 aromatic rings. The number of halogens is 1. The van der Waals surface area contributed by atoms with Crippen LogP contribution in [0, 0.1) is 0 Å². The van der Waals surface area contributed by atoms with Crippen molar-refractivity contribution in [3.8, 4) is 22.6 Å². The maximum atomic E-state index is 13.7. The molecule has 0 unspecified atom stereocenters. The van der Waals surface area contributed by atoms with Gasteiger partial charge in [-0.15, -0.1) is 0 Å². The molecule has 6 rings (SSSR count). The van der Waals surface area contributed by atoms with Crippen LogP contribution in [-0.4, -0.2) is 75.7 Å². The minimum absolute atomic E-state index is 0.0192. The van der Waals surface area contributed by atoms with Crippen molar-refractivity contribution in [1.82, 2.24) is 29.5 Å². The van der Waals surface area contributed by atoms with Crippen molar-refractivity contribution in [2.45, 2.75) is 37.2 Å². The summed E-state index contributed by atoms with van der Waals surface area (Å²) in [6, 6.07) is 5.40. The molecule has 0 aromatic carbocycles. The van der Waals surface area contributed by atoms with Crippen LogP contribution in [0.25, 0.3) is 28.3 Å². The zero-order chi connectivity index (χ0) is 24.1. The SMILES string of the molecule is CNc1cc(-c2cnc3n([C@H]4COC[C@@H]4OC)cccc2-3)nc2c(C(=O)N[C@H]3CC[C@H]3F)cnn12. The first-order valence-electron chi connectivity index (χ1n) is 11.7. The Kier molecular flexibility index (Phi) is 5.37. The second-order valence-electron chi connectivity index (χ2n) is 8.95. The van der Waals surface area contributed by atoms with Crippen LogP contribution in [0.15, 0.2) is 36.8 Å². The van der Waals surface area contributed by atoms with Gasteiger partial charge in [0, 0.05) is 43.7 Å². The molecule has 10 nitrogen and oxygen atoms in total. The lowest BCUT2D eigenvalue weighted by Crippen LogP contribution is -2.48. The highest BCUT2D eigenvalue weighted by molar-refractivity contribution is 6.00. The van der Waals surface area contributed by atoms with Crippen molar-refractivity contribution >= 4 is 17.4 Å². The van der Waals surface area contributed by atoms with Crippen molar-refractivity contribution in [1.29, 1.82) is 0 Å². The summed E-state index contributed by atoms with van der Waals surface area (Å²) < 4.78 is 28.6. The van der Waals surface area contributed by atoms with E-state index in [1.165, 1.54) is 6.20 Å². The van der Waals surface area contributed by atoms with Gasteiger partial charge in [0.15, 0.2) is 5.65 Å². The quantitative estimate of drug-likeness (QED) is 0.438. The van der Waals surface area contributed by atoms with Crippen LogP contribution in [0.5, 0.6) is 0 Å². The second kappa shape index (κ2) is 8.58. The van der Waals surface area contributed by atoms with Crippen molar-refractivity contribution < 1.29 is 18.7 Å². The molecule has 1 saturated carbocycles. The number of alkyl halides is 1. The minimum atomic E-state index is -1.01. The second-order valence-corrected chi connectivity index (χ2v) is 8.95. The highest BCUT2D eigenvalue weighted by Crippen LogP contribution is 2.37. The number of carbonyl (C=O) groups excluding carboxylic acids is 1. The highest BCUT2D eigenvalue weighted by atomic mass is 19.1. The highest BCUT2D eigenvalue weighted by Gasteiger charge is 2.34. The molecule has 4 atom stereocenters. The summed E-state index contributed by atoms with van der Waals surface area (Å²) in [5, 5.41) is 10.2. The van der Waals surface area contributed by atoms with Gasteiger partial charge in [-0.2, -0.15) is 9.61 Å². The van der Waals surface area contributed by atoms with Crippen LogP contribution in [0.1, 0.15) is 29.2 Å². The van der Waals surface area contributed by atoms with Crippen LogP contribution in [0.4, 0.5) is 10.2 Å². The van der Waals surface area contributed by atoms with Crippen LogP contribution >= 0.6 is 0 Å². The number of carbonyl (C=O) groups is 1. The number of nitrogens with one attached hydrogen (secondary N) is 2. The number of rotatable bonds is 6. The molecule has 2 fully saturated rings. The summed E-state index contributed by atoms with van der Waals surface area (Å²) in [4.78, 5) is 22.4. The Labute approximate surface area is 200 Å². The molecule has 3 aliphatic heterocycles. The standard InChI is InChI=1S/C24H26FN7O3/c1-26-21-8-18(29-23-15(10-28-32(21)23)24(33)30-17-6-5-16(17)25)14-9-27-22-13(14)4-3-7-31(22)19-11-35-12-20(19)34-2/h3-4,7-10,16-17,19-20,26H,5-6,11-12H2,1-2H3,(H,30,33)/t16-,17+,19+,20+/m1/s1. The Hall–Kier alpha value is -3.57. The molecule has 2 N–H and O–H groups in total. The largest absolute Gasteiger partial charge is 0.377 e. The van der Waals surface area contributed by atoms with E-state index in [9.17, 15) is 9.18 Å². The van der Waals surface area contributed by atoms with E-state index >= 15 is 0 Å². The Morgan fingerprint density at radius 2 is 2.14 bits per heavy atom. The van der Waals surface area contributed by atoms with E-state index in [-0.39, 0.29) is 18.1 Å². The van der Waals surface area contributed by atoms with Crippen molar-refractivity contribution in [2.24, 2.45) is 0 Å². The number of amides is 1. The maximum absolute atomic E-state index is 13.7. The third kappa shape index (κ3) is 3.53. The van der Waals surface area contributed by atoms with Crippen LogP contribution < -0.4 is 10.6 Å². The van der Waals surface area contributed by atoms with Gasteiger partial charge >= 0.3 is 0 Å². The predicted molar refractivity (Wildman–Crippen MR) is 126 cm³/mol. The van der Waals surface area contributed by atoms with Crippen LogP contribution in [0.3, 0.4) is 0 Å². The lowest BCUT2D eigenvalue weighted by atomic mass is 9.90. The third-order valence-corrected chi connectivity index (χ3v) is 7.02. The average Bonchev–Trinajstić information content (AvgIpc) is 3.63. The van der Waals surface area contributed by atoms with Gasteiger partial charge in [-0.25, -0.2) is 14.4 Å². The van der Waals surface area contributed by atoms with Crippen LogP contribution in [0.2, 0.25) is 0 Å². The molecule has 4 aliphatic rings. The van der Waals surface area contributed by atoms with Gasteiger partial charge in [0.25, 0.3) is 5.91 Å². The number of nitrogens with zero attached hydrogens (tertiary/aromatic N) is 5. The van der Waals surface area contributed by atoms with Gasteiger partial charge in [0.2, 0.25) is 0 Å². The van der Waals surface area contributed by atoms with Gasteiger partial charge in [-0.3, -0.25) is 4.79 Å². The lowest BCUT2D eigenvalue weighted by Gasteiger charge is -2.30. The van der Waals surface area contributed by atoms with Crippen LogP contribution in [-0.2, 0) is 9.47 Å². The van der Waals surface area contributed by atoms with E-state index in [0.29, 0.717) is 48.8 Å². The van der Waals surface area contributed by atoms with Gasteiger partial charge in [-0.1, -0.05) is 0 Å². The smallest absolute Gasteiger partial charge is 0.257 e. The number of fused-ring (bicyclic) bond motifs is 2. The normalized spacial score (nSPS) is 24.1. The summed E-state index contributed by atoms with van der Waals surface area (Å²) in [5.74, 6) is 1.09. The van der Waals surface area contributed by atoms with Crippen molar-refractivity contribution in [3.05, 3.63) is 42.4 Å². The number of anilines is 1. The first kappa shape index (κ1) is 21.9. The molecule has 2 aromatic heterocycles. The third-order valence-electron chi connectivity index (χ3n) is 7.02. The molecule has 0 spiro atoms. The molecule has 1 amide bonds. The zero-order valence-corrected chi connectivity index (χ0v) is 19.4. The molecule has 1 aliphatic carbocycles. The Morgan fingerprint density at radius 1 is 1.26 bits per heavy atom. The Morgan fingerprint density at radius 3 is 2.89 bits per heavy atom. The van der Waals surface area contributed by atoms with Gasteiger partial charge in [0.1, 0.15) is 29.5 Å². The Bertz CT molecular complexity index is 1370. The fraction of sp³-hybridized carbons (Fsp3) is 0.417. The molecular weight excluding hydrogens is 453 g/mol. The molecule has 182 valence electrons. The molecule has 35 heavy (non-hydrogen) atoms. The van der Waals surface area contributed by atoms with Crippen molar-refractivity contribution in [3.63, 3.8) is 0 Å². The summed E-state index contributed by atoms with van der Waals surface area (Å²) >= 11 is 0. The first-order chi connectivity index (χ1) is 17.1. The predicted octanol–water partition coefficient (Wildman–Crippen LogP) is 2.56. The molecule has 5 heterocycles. The molecule has 0 bridgehead atoms. The fourth-order valence-corrected chi connectivity index (χ4v) is 4.84. The van der Waals surface area contributed by atoms with Crippen molar-refractivity contribution in [2.75, 3.05) is 32.7 Å². The number of pyridine rings is 1. The minimum Gasteiger partial charge on any atom is -0.377 e. The van der Waals surface area contributed by atoms with E-state index in [1.807, 2.05) is 24.4 Å². The summed E-state index contributed by atoms with van der Waals surface area (Å²) in [6.07, 6.45) is 5.29. The van der Waals surface area contributed by atoms with E-state index in [1.54, 1.807) is 24.9 Å². The average molecular weight is 480 g/mol. The zero-order valence-electron chi connectivity index (χ0n) is 19.4. The molecular formula is C24H26FN7O3. The van der Waals surface area contributed by atoms with E-state index in [2.05, 4.69) is 20.3 Å². The number of ether oxygens (including phenoxy) is 2. The number of aromatic nitrogens is 5. The van der Waals surface area contributed by atoms with E-state index in [4.69, 9.17) is 19.4 Å². The van der Waals surface area contributed by atoms with Gasteiger partial charge in [-0.05, 0) is 25.0 Å². The summed E-state index contributed by atoms with van der Waals surface area (Å²) in [7, 11) is 3.47. The number of hydrogen-bond donors (Lipinski definition) is 2. The fourth-order valence-electron chi connectivity index (χ4n) is 4.84. The Balaban J connectivity index is 1.40. The number of hydrogen-bond acceptors (Lipinski definition) is 7. The first-order valence-corrected chi connectivity index (χ1v) is 11.7. The lowest BCUT2D eigenvalue weighted by molar-refractivity contribution is 0.0686.